The summed E-state index contributed by atoms with van der Waals surface area (Å²) in [6.45, 7) is 10.9. The third kappa shape index (κ3) is 5.94. The highest BCUT2D eigenvalue weighted by molar-refractivity contribution is 5.74. The van der Waals surface area contributed by atoms with Gasteiger partial charge in [-0.25, -0.2) is 0 Å². The van der Waals surface area contributed by atoms with Gasteiger partial charge in [-0.1, -0.05) is 129 Å². The van der Waals surface area contributed by atoms with Gasteiger partial charge in [0.05, 0.1) is 0 Å². The molecule has 0 saturated heterocycles. The maximum absolute atomic E-state index is 4.34. The lowest BCUT2D eigenvalue weighted by Crippen LogP contribution is -2.01. The first-order chi connectivity index (χ1) is 14.6. The van der Waals surface area contributed by atoms with Gasteiger partial charge in [0.1, 0.15) is 0 Å². The number of hydrogen-bond acceptors (Lipinski definition) is 0. The maximum atomic E-state index is 4.34. The molecule has 0 aliphatic heterocycles. The minimum absolute atomic E-state index is 0.393. The number of benzene rings is 3. The standard InChI is InChI=1S/C30H32/c1-5-9-27(29-17-12-23(2)13-18-29)19-14-24(3)25(4)22-26-15-20-30(21-16-26)28-10-7-6-8-11-28/h6-21,25H,3,5,22H2,1-2,4H3/b19-14-,27-9+. The molecule has 0 spiro atoms. The lowest BCUT2D eigenvalue weighted by Gasteiger charge is -2.13. The highest BCUT2D eigenvalue weighted by Gasteiger charge is 2.07. The Balaban J connectivity index is 1.64. The molecule has 1 atom stereocenters. The molecule has 1 unspecified atom stereocenters. The molecule has 0 bridgehead atoms. The average molecular weight is 393 g/mol. The van der Waals surface area contributed by atoms with Gasteiger partial charge in [0.15, 0.2) is 0 Å². The van der Waals surface area contributed by atoms with E-state index in [1.165, 1.54) is 33.4 Å². The molecule has 0 nitrogen and oxygen atoms in total. The van der Waals surface area contributed by atoms with E-state index in [0.29, 0.717) is 5.92 Å². The SMILES string of the molecule is C=C(/C=C\C(=C/CC)c1ccc(C)cc1)C(C)Cc1ccc(-c2ccccc2)cc1. The Hall–Kier alpha value is -3.12. The van der Waals surface area contributed by atoms with Crippen LogP contribution in [0.3, 0.4) is 0 Å². The van der Waals surface area contributed by atoms with Crippen LogP contribution in [0, 0.1) is 12.8 Å². The zero-order chi connectivity index (χ0) is 21.3. The van der Waals surface area contributed by atoms with Crippen molar-refractivity contribution in [2.75, 3.05) is 0 Å². The van der Waals surface area contributed by atoms with Crippen molar-refractivity contribution in [2.45, 2.75) is 33.6 Å². The highest BCUT2D eigenvalue weighted by Crippen LogP contribution is 2.24. The lowest BCUT2D eigenvalue weighted by atomic mass is 9.92. The number of allylic oxidation sites excluding steroid dienone is 5. The van der Waals surface area contributed by atoms with E-state index in [-0.39, 0.29) is 0 Å². The van der Waals surface area contributed by atoms with Gasteiger partial charge in [0.2, 0.25) is 0 Å². The summed E-state index contributed by atoms with van der Waals surface area (Å²) in [5.74, 6) is 0.393. The van der Waals surface area contributed by atoms with Crippen LogP contribution >= 0.6 is 0 Å². The minimum Gasteiger partial charge on any atom is -0.0955 e. The molecule has 0 heteroatoms. The van der Waals surface area contributed by atoms with Gasteiger partial charge in [-0.3, -0.25) is 0 Å². The van der Waals surface area contributed by atoms with Gasteiger partial charge in [0, 0.05) is 0 Å². The molecular formula is C30H32. The quantitative estimate of drug-likeness (QED) is 0.337. The fourth-order valence-corrected chi connectivity index (χ4v) is 3.56. The highest BCUT2D eigenvalue weighted by atomic mass is 14.1. The first-order valence-electron chi connectivity index (χ1n) is 10.8. The molecule has 0 heterocycles. The largest absolute Gasteiger partial charge is 0.0955 e. The molecular weight excluding hydrogens is 360 g/mol. The Labute approximate surface area is 182 Å². The summed E-state index contributed by atoms with van der Waals surface area (Å²) in [5.41, 5.74) is 8.84. The monoisotopic (exact) mass is 392 g/mol. The fraction of sp³-hybridized carbons (Fsp3) is 0.200. The van der Waals surface area contributed by atoms with Crippen molar-refractivity contribution in [3.8, 4) is 11.1 Å². The molecule has 0 N–H and O–H groups in total. The molecule has 30 heavy (non-hydrogen) atoms. The summed E-state index contributed by atoms with van der Waals surface area (Å²) in [6, 6.07) is 28.2. The van der Waals surface area contributed by atoms with E-state index < -0.39 is 0 Å². The molecule has 0 aliphatic rings. The molecule has 3 aromatic carbocycles. The van der Waals surface area contributed by atoms with Crippen LogP contribution in [-0.4, -0.2) is 0 Å². The van der Waals surface area contributed by atoms with Gasteiger partial charge in [-0.2, -0.15) is 0 Å². The lowest BCUT2D eigenvalue weighted by molar-refractivity contribution is 0.696. The average Bonchev–Trinajstić information content (AvgIpc) is 2.78. The smallest absolute Gasteiger partial charge is 0.0156 e. The molecule has 0 fully saturated rings. The van der Waals surface area contributed by atoms with Crippen molar-refractivity contribution in [2.24, 2.45) is 5.92 Å². The molecule has 0 saturated carbocycles. The normalized spacial score (nSPS) is 12.8. The first-order valence-corrected chi connectivity index (χ1v) is 10.8. The van der Waals surface area contributed by atoms with Gasteiger partial charge in [0.25, 0.3) is 0 Å². The van der Waals surface area contributed by atoms with Crippen LogP contribution in [0.15, 0.2) is 109 Å². The van der Waals surface area contributed by atoms with Crippen molar-refractivity contribution in [1.82, 2.24) is 0 Å². The van der Waals surface area contributed by atoms with E-state index in [1.54, 1.807) is 0 Å². The zero-order valence-corrected chi connectivity index (χ0v) is 18.4. The minimum atomic E-state index is 0.393. The summed E-state index contributed by atoms with van der Waals surface area (Å²) in [7, 11) is 0. The second-order valence-electron chi connectivity index (χ2n) is 8.01. The van der Waals surface area contributed by atoms with E-state index in [9.17, 15) is 0 Å². The topological polar surface area (TPSA) is 0 Å². The van der Waals surface area contributed by atoms with Crippen LogP contribution in [0.1, 0.15) is 37.0 Å². The number of hydrogen-bond donors (Lipinski definition) is 0. The Morgan fingerprint density at radius 2 is 1.47 bits per heavy atom. The van der Waals surface area contributed by atoms with Crippen LogP contribution in [0.25, 0.3) is 16.7 Å². The van der Waals surface area contributed by atoms with E-state index in [2.05, 4.69) is 124 Å². The summed E-state index contributed by atoms with van der Waals surface area (Å²) < 4.78 is 0. The Morgan fingerprint density at radius 3 is 2.10 bits per heavy atom. The Morgan fingerprint density at radius 1 is 0.833 bits per heavy atom. The van der Waals surface area contributed by atoms with Gasteiger partial charge in [-0.05, 0) is 53.5 Å². The van der Waals surface area contributed by atoms with Crippen LogP contribution in [0.4, 0.5) is 0 Å². The first kappa shape index (κ1) is 21.6. The predicted molar refractivity (Wildman–Crippen MR) is 132 cm³/mol. The summed E-state index contributed by atoms with van der Waals surface area (Å²) in [6.07, 6.45) is 8.69. The van der Waals surface area contributed by atoms with E-state index in [1.807, 2.05) is 0 Å². The second kappa shape index (κ2) is 10.6. The molecule has 3 rings (SSSR count). The fourth-order valence-electron chi connectivity index (χ4n) is 3.56. The summed E-state index contributed by atoms with van der Waals surface area (Å²) in [4.78, 5) is 0. The summed E-state index contributed by atoms with van der Waals surface area (Å²) >= 11 is 0. The Kier molecular flexibility index (Phi) is 7.63. The van der Waals surface area contributed by atoms with Crippen molar-refractivity contribution in [1.29, 1.82) is 0 Å². The molecule has 0 aliphatic carbocycles. The number of rotatable bonds is 8. The van der Waals surface area contributed by atoms with Crippen LogP contribution in [-0.2, 0) is 6.42 Å². The van der Waals surface area contributed by atoms with Crippen molar-refractivity contribution < 1.29 is 0 Å². The van der Waals surface area contributed by atoms with Gasteiger partial charge >= 0.3 is 0 Å². The molecule has 152 valence electrons. The van der Waals surface area contributed by atoms with Gasteiger partial charge in [-0.15, -0.1) is 0 Å². The van der Waals surface area contributed by atoms with Crippen LogP contribution < -0.4 is 0 Å². The van der Waals surface area contributed by atoms with Crippen molar-refractivity contribution >= 4 is 5.57 Å². The van der Waals surface area contributed by atoms with E-state index >= 15 is 0 Å². The van der Waals surface area contributed by atoms with Crippen molar-refractivity contribution in [3.05, 3.63) is 126 Å². The van der Waals surface area contributed by atoms with Crippen LogP contribution in [0.5, 0.6) is 0 Å². The molecule has 0 radical (unpaired) electrons. The zero-order valence-electron chi connectivity index (χ0n) is 18.4. The second-order valence-corrected chi connectivity index (χ2v) is 8.01. The van der Waals surface area contributed by atoms with E-state index in [4.69, 9.17) is 0 Å². The summed E-state index contributed by atoms with van der Waals surface area (Å²) in [5, 5.41) is 0. The molecule has 0 aromatic heterocycles. The van der Waals surface area contributed by atoms with E-state index in [0.717, 1.165) is 18.4 Å². The van der Waals surface area contributed by atoms with Gasteiger partial charge < -0.3 is 0 Å². The third-order valence-corrected chi connectivity index (χ3v) is 5.52. The Bertz CT molecular complexity index is 1000. The maximum Gasteiger partial charge on any atom is -0.0156 e. The molecule has 0 amide bonds. The third-order valence-electron chi connectivity index (χ3n) is 5.52. The predicted octanol–water partition coefficient (Wildman–Crippen LogP) is 8.45. The van der Waals surface area contributed by atoms with Crippen LogP contribution in [0.2, 0.25) is 0 Å². The molecule has 3 aromatic rings. The van der Waals surface area contributed by atoms with Crippen molar-refractivity contribution in [3.63, 3.8) is 0 Å². The number of aryl methyl sites for hydroxylation is 1.